The van der Waals surface area contributed by atoms with Crippen LogP contribution < -0.4 is 10.8 Å². The zero-order valence-electron chi connectivity index (χ0n) is 17.6. The fourth-order valence-electron chi connectivity index (χ4n) is 7.60. The fourth-order valence-corrected chi connectivity index (χ4v) is 7.60. The summed E-state index contributed by atoms with van der Waals surface area (Å²) in [6.07, 6.45) is 11.4. The van der Waals surface area contributed by atoms with Gasteiger partial charge in [0.15, 0.2) is 0 Å². The highest BCUT2D eigenvalue weighted by atomic mass is 16.7. The number of hydrogen-bond acceptors (Lipinski definition) is 4. The molecule has 5 rings (SSSR count). The summed E-state index contributed by atoms with van der Waals surface area (Å²) in [5.74, 6) is 2.93. The van der Waals surface area contributed by atoms with Crippen LogP contribution in [0, 0.1) is 34.5 Å². The maximum atomic E-state index is 12.6. The number of fused-ring (bicyclic) bond motifs is 5. The normalized spacial score (nSPS) is 47.9. The summed E-state index contributed by atoms with van der Waals surface area (Å²) in [5, 5.41) is 3.35. The van der Waals surface area contributed by atoms with Gasteiger partial charge >= 0.3 is 0 Å². The Hall–Kier alpha value is -1.13. The van der Waals surface area contributed by atoms with Crippen LogP contribution in [0.3, 0.4) is 0 Å². The Balaban J connectivity index is 1.35. The van der Waals surface area contributed by atoms with Crippen molar-refractivity contribution in [2.24, 2.45) is 34.5 Å². The average Bonchev–Trinajstić information content (AvgIpc) is 3.29. The van der Waals surface area contributed by atoms with E-state index in [0.29, 0.717) is 23.5 Å². The molecule has 4 nitrogen and oxygen atoms in total. The van der Waals surface area contributed by atoms with Gasteiger partial charge in [0.2, 0.25) is 0 Å². The first-order valence-electron chi connectivity index (χ1n) is 11.5. The highest BCUT2D eigenvalue weighted by Crippen LogP contribution is 2.65. The van der Waals surface area contributed by atoms with Gasteiger partial charge in [-0.3, -0.25) is 15.1 Å². The largest absolute Gasteiger partial charge is 0.314 e. The molecule has 0 aromatic rings. The van der Waals surface area contributed by atoms with Crippen molar-refractivity contribution in [1.29, 1.82) is 0 Å². The topological polar surface area (TPSA) is 50.4 Å². The van der Waals surface area contributed by atoms with Crippen molar-refractivity contribution in [2.75, 3.05) is 13.1 Å². The molecule has 0 spiro atoms. The SMILES string of the molecule is C=C1C[C@@H]2[C@H](CC[C@]3(C)C(=O)CC[C@@H]23)[C@@]2(C)CCC(NO[C@H]3CCNC3)=CC12. The number of rotatable bonds is 3. The van der Waals surface area contributed by atoms with Gasteiger partial charge in [-0.05, 0) is 74.7 Å². The summed E-state index contributed by atoms with van der Waals surface area (Å²) < 4.78 is 0. The monoisotopic (exact) mass is 384 g/mol. The predicted octanol–water partition coefficient (Wildman–Crippen LogP) is 4.14. The van der Waals surface area contributed by atoms with Gasteiger partial charge in [-0.15, -0.1) is 0 Å². The Kier molecular flexibility index (Phi) is 4.52. The number of ketones is 1. The van der Waals surface area contributed by atoms with Crippen molar-refractivity contribution in [3.05, 3.63) is 23.9 Å². The van der Waals surface area contributed by atoms with Crippen LogP contribution in [-0.4, -0.2) is 25.0 Å². The van der Waals surface area contributed by atoms with Gasteiger partial charge in [0.05, 0.1) is 6.10 Å². The van der Waals surface area contributed by atoms with E-state index >= 15 is 0 Å². The number of hydrogen-bond donors (Lipinski definition) is 2. The molecule has 4 aliphatic carbocycles. The van der Waals surface area contributed by atoms with Crippen molar-refractivity contribution in [3.63, 3.8) is 0 Å². The third-order valence-electron chi connectivity index (χ3n) is 9.31. The molecule has 2 N–H and O–H groups in total. The molecule has 1 aliphatic heterocycles. The van der Waals surface area contributed by atoms with Gasteiger partial charge in [-0.25, -0.2) is 0 Å². The van der Waals surface area contributed by atoms with E-state index in [9.17, 15) is 4.79 Å². The summed E-state index contributed by atoms with van der Waals surface area (Å²) in [7, 11) is 0. The molecular formula is C24H36N2O2. The molecule has 28 heavy (non-hydrogen) atoms. The van der Waals surface area contributed by atoms with Gasteiger partial charge < -0.3 is 5.32 Å². The second-order valence-corrected chi connectivity index (χ2v) is 10.7. The molecule has 3 saturated carbocycles. The zero-order valence-corrected chi connectivity index (χ0v) is 17.6. The lowest BCUT2D eigenvalue weighted by atomic mass is 9.45. The summed E-state index contributed by atoms with van der Waals surface area (Å²) in [6.45, 7) is 11.3. The lowest BCUT2D eigenvalue weighted by Gasteiger charge is -2.59. The van der Waals surface area contributed by atoms with Crippen molar-refractivity contribution in [2.45, 2.75) is 71.3 Å². The quantitative estimate of drug-likeness (QED) is 0.567. The Morgan fingerprint density at radius 2 is 2.04 bits per heavy atom. The molecule has 0 bridgehead atoms. The molecule has 5 aliphatic rings. The van der Waals surface area contributed by atoms with Crippen LogP contribution >= 0.6 is 0 Å². The van der Waals surface area contributed by atoms with Gasteiger partial charge in [0.1, 0.15) is 5.78 Å². The number of allylic oxidation sites excluding steroid dienone is 3. The number of Topliss-reactive ketones (excluding diaryl/α,β-unsaturated/α-hetero) is 1. The molecule has 0 aromatic heterocycles. The second kappa shape index (κ2) is 6.70. The van der Waals surface area contributed by atoms with Crippen LogP contribution in [0.4, 0.5) is 0 Å². The van der Waals surface area contributed by atoms with Gasteiger partial charge in [-0.2, -0.15) is 0 Å². The number of carbonyl (C=O) groups is 1. The molecule has 1 heterocycles. The second-order valence-electron chi connectivity index (χ2n) is 10.7. The van der Waals surface area contributed by atoms with Crippen molar-refractivity contribution in [1.82, 2.24) is 10.8 Å². The first kappa shape index (κ1) is 18.9. The average molecular weight is 385 g/mol. The van der Waals surface area contributed by atoms with E-state index in [0.717, 1.165) is 57.5 Å². The molecule has 7 atom stereocenters. The third kappa shape index (κ3) is 2.74. The van der Waals surface area contributed by atoms with E-state index < -0.39 is 0 Å². The number of hydroxylamine groups is 1. The molecule has 1 unspecified atom stereocenters. The van der Waals surface area contributed by atoms with Crippen molar-refractivity contribution >= 4 is 5.78 Å². The van der Waals surface area contributed by atoms with Crippen LogP contribution in [0.15, 0.2) is 23.9 Å². The molecule has 0 radical (unpaired) electrons. The minimum atomic E-state index is -0.0506. The molecular weight excluding hydrogens is 348 g/mol. The maximum Gasteiger partial charge on any atom is 0.139 e. The van der Waals surface area contributed by atoms with E-state index in [-0.39, 0.29) is 16.9 Å². The zero-order chi connectivity index (χ0) is 19.5. The predicted molar refractivity (Wildman–Crippen MR) is 110 cm³/mol. The lowest BCUT2D eigenvalue weighted by molar-refractivity contribution is -0.133. The lowest BCUT2D eigenvalue weighted by Crippen LogP contribution is -2.53. The highest BCUT2D eigenvalue weighted by molar-refractivity contribution is 5.87. The van der Waals surface area contributed by atoms with Crippen LogP contribution in [0.1, 0.15) is 65.2 Å². The standard InChI is InChI=1S/C24H36N2O2/c1-15-12-18-19-4-5-22(27)24(19,3)10-7-20(18)23(2)9-6-16(13-21(15)23)26-28-17-8-11-25-14-17/h13,17-21,25-26H,1,4-12,14H2,2-3H3/t17-,18-,19-,20-,21?,23+,24-/m0/s1. The minimum absolute atomic E-state index is 0.0506. The minimum Gasteiger partial charge on any atom is -0.314 e. The Labute approximate surface area is 169 Å². The van der Waals surface area contributed by atoms with Crippen molar-refractivity contribution < 1.29 is 9.63 Å². The van der Waals surface area contributed by atoms with E-state index in [1.807, 2.05) is 0 Å². The fraction of sp³-hybridized carbons (Fsp3) is 0.792. The molecule has 4 fully saturated rings. The highest BCUT2D eigenvalue weighted by Gasteiger charge is 2.60. The molecule has 0 amide bonds. The van der Waals surface area contributed by atoms with E-state index in [2.05, 4.69) is 37.3 Å². The van der Waals surface area contributed by atoms with Gasteiger partial charge in [-0.1, -0.05) is 32.1 Å². The number of carbonyl (C=O) groups excluding carboxylic acids is 1. The van der Waals surface area contributed by atoms with Crippen LogP contribution in [0.2, 0.25) is 0 Å². The Morgan fingerprint density at radius 1 is 1.18 bits per heavy atom. The summed E-state index contributed by atoms with van der Waals surface area (Å²) in [6, 6.07) is 0. The van der Waals surface area contributed by atoms with Crippen molar-refractivity contribution in [3.8, 4) is 0 Å². The van der Waals surface area contributed by atoms with E-state index in [4.69, 9.17) is 4.84 Å². The molecule has 1 saturated heterocycles. The summed E-state index contributed by atoms with van der Waals surface area (Å²) >= 11 is 0. The van der Waals surface area contributed by atoms with Gasteiger partial charge in [0.25, 0.3) is 0 Å². The maximum absolute atomic E-state index is 12.6. The first-order valence-corrected chi connectivity index (χ1v) is 11.5. The van der Waals surface area contributed by atoms with Gasteiger partial charge in [0, 0.05) is 30.0 Å². The summed E-state index contributed by atoms with van der Waals surface area (Å²) in [5.41, 5.74) is 6.15. The van der Waals surface area contributed by atoms with Crippen LogP contribution in [-0.2, 0) is 9.63 Å². The Bertz CT molecular complexity index is 709. The van der Waals surface area contributed by atoms with E-state index in [1.54, 1.807) is 0 Å². The third-order valence-corrected chi connectivity index (χ3v) is 9.31. The first-order chi connectivity index (χ1) is 13.4. The van der Waals surface area contributed by atoms with Crippen LogP contribution in [0.5, 0.6) is 0 Å². The Morgan fingerprint density at radius 3 is 2.82 bits per heavy atom. The molecule has 0 aromatic carbocycles. The molecule has 4 heteroatoms. The number of nitrogens with one attached hydrogen (secondary N) is 2. The summed E-state index contributed by atoms with van der Waals surface area (Å²) in [4.78, 5) is 18.5. The molecule has 154 valence electrons. The van der Waals surface area contributed by atoms with E-state index in [1.165, 1.54) is 24.1 Å². The smallest absolute Gasteiger partial charge is 0.139 e. The van der Waals surface area contributed by atoms with Crippen LogP contribution in [0.25, 0.3) is 0 Å².